The molecule has 0 spiro atoms. The van der Waals surface area contributed by atoms with Crippen molar-refractivity contribution >= 4 is 5.96 Å². The van der Waals surface area contributed by atoms with E-state index < -0.39 is 0 Å². The van der Waals surface area contributed by atoms with Crippen LogP contribution in [0.15, 0.2) is 23.2 Å². The SMILES string of the molecule is CN=C(NCCCC1CC1)NCc1ccc(C)cc1OC1CCOC1. The Hall–Kier alpha value is -1.75. The Morgan fingerprint density at radius 1 is 1.28 bits per heavy atom. The summed E-state index contributed by atoms with van der Waals surface area (Å²) in [7, 11) is 1.82. The van der Waals surface area contributed by atoms with Gasteiger partial charge in [0.2, 0.25) is 0 Å². The van der Waals surface area contributed by atoms with Crippen molar-refractivity contribution in [2.45, 2.75) is 51.7 Å². The summed E-state index contributed by atoms with van der Waals surface area (Å²) in [6.07, 6.45) is 6.53. The molecule has 1 unspecified atom stereocenters. The first-order valence-electron chi connectivity index (χ1n) is 9.53. The minimum atomic E-state index is 0.167. The van der Waals surface area contributed by atoms with Gasteiger partial charge in [-0.05, 0) is 37.3 Å². The van der Waals surface area contributed by atoms with Crippen LogP contribution in [0.3, 0.4) is 0 Å². The van der Waals surface area contributed by atoms with Gasteiger partial charge in [-0.15, -0.1) is 0 Å². The first-order valence-corrected chi connectivity index (χ1v) is 9.53. The van der Waals surface area contributed by atoms with Gasteiger partial charge in [-0.2, -0.15) is 0 Å². The molecule has 1 aromatic carbocycles. The molecule has 1 atom stereocenters. The molecule has 0 amide bonds. The van der Waals surface area contributed by atoms with E-state index in [2.05, 4.69) is 40.7 Å². The van der Waals surface area contributed by atoms with E-state index in [1.165, 1.54) is 31.2 Å². The molecule has 1 saturated carbocycles. The summed E-state index contributed by atoms with van der Waals surface area (Å²) in [6.45, 7) is 5.25. The summed E-state index contributed by atoms with van der Waals surface area (Å²) in [5.41, 5.74) is 2.36. The lowest BCUT2D eigenvalue weighted by molar-refractivity contribution is 0.140. The van der Waals surface area contributed by atoms with Crippen LogP contribution < -0.4 is 15.4 Å². The molecule has 2 aliphatic rings. The zero-order valence-electron chi connectivity index (χ0n) is 15.5. The zero-order valence-corrected chi connectivity index (χ0v) is 15.5. The maximum atomic E-state index is 6.16. The topological polar surface area (TPSA) is 54.9 Å². The summed E-state index contributed by atoms with van der Waals surface area (Å²) < 4.78 is 11.6. The van der Waals surface area contributed by atoms with Crippen LogP contribution in [0.5, 0.6) is 5.75 Å². The molecule has 0 bridgehead atoms. The summed E-state index contributed by atoms with van der Waals surface area (Å²) in [4.78, 5) is 4.32. The molecule has 5 heteroatoms. The molecule has 1 saturated heterocycles. The standard InChI is InChI=1S/C20H31N3O2/c1-15-5-8-17(19(12-15)25-18-9-11-24-14-18)13-23-20(21-2)22-10-3-4-16-6-7-16/h5,8,12,16,18H,3-4,6-7,9-11,13-14H2,1-2H3,(H2,21,22,23). The van der Waals surface area contributed by atoms with Gasteiger partial charge in [-0.1, -0.05) is 25.0 Å². The van der Waals surface area contributed by atoms with Gasteiger partial charge in [0.05, 0.1) is 13.2 Å². The number of nitrogens with zero attached hydrogens (tertiary/aromatic N) is 1. The average Bonchev–Trinajstić information content (AvgIpc) is 3.30. The average molecular weight is 345 g/mol. The fraction of sp³-hybridized carbons (Fsp3) is 0.650. The quantitative estimate of drug-likeness (QED) is 0.432. The largest absolute Gasteiger partial charge is 0.488 e. The minimum Gasteiger partial charge on any atom is -0.488 e. The van der Waals surface area contributed by atoms with Gasteiger partial charge < -0.3 is 20.1 Å². The second kappa shape index (κ2) is 9.09. The maximum Gasteiger partial charge on any atom is 0.191 e. The number of rotatable bonds is 8. The van der Waals surface area contributed by atoms with E-state index in [-0.39, 0.29) is 6.10 Å². The van der Waals surface area contributed by atoms with E-state index in [4.69, 9.17) is 9.47 Å². The van der Waals surface area contributed by atoms with Crippen molar-refractivity contribution in [3.05, 3.63) is 29.3 Å². The molecule has 1 aliphatic carbocycles. The minimum absolute atomic E-state index is 0.167. The van der Waals surface area contributed by atoms with Crippen LogP contribution in [-0.4, -0.2) is 38.9 Å². The summed E-state index contributed by atoms with van der Waals surface area (Å²) in [5, 5.41) is 6.81. The van der Waals surface area contributed by atoms with Crippen molar-refractivity contribution in [3.63, 3.8) is 0 Å². The lowest BCUT2D eigenvalue weighted by Gasteiger charge is -2.18. The fourth-order valence-electron chi connectivity index (χ4n) is 3.11. The zero-order chi connectivity index (χ0) is 17.5. The number of ether oxygens (including phenoxy) is 2. The van der Waals surface area contributed by atoms with Gasteiger partial charge in [0.25, 0.3) is 0 Å². The first-order chi connectivity index (χ1) is 12.2. The molecule has 25 heavy (non-hydrogen) atoms. The van der Waals surface area contributed by atoms with Crippen LogP contribution in [0.25, 0.3) is 0 Å². The van der Waals surface area contributed by atoms with Crippen molar-refractivity contribution in [1.82, 2.24) is 10.6 Å². The third kappa shape index (κ3) is 5.92. The second-order valence-corrected chi connectivity index (χ2v) is 7.15. The Kier molecular flexibility index (Phi) is 6.56. The highest BCUT2D eigenvalue weighted by atomic mass is 16.5. The van der Waals surface area contributed by atoms with Crippen LogP contribution in [0.2, 0.25) is 0 Å². The smallest absolute Gasteiger partial charge is 0.191 e. The van der Waals surface area contributed by atoms with Gasteiger partial charge in [-0.3, -0.25) is 4.99 Å². The van der Waals surface area contributed by atoms with Gasteiger partial charge in [0.15, 0.2) is 5.96 Å². The third-order valence-corrected chi connectivity index (χ3v) is 4.85. The van der Waals surface area contributed by atoms with E-state index in [1.807, 2.05) is 7.05 Å². The predicted molar refractivity (Wildman–Crippen MR) is 101 cm³/mol. The lowest BCUT2D eigenvalue weighted by atomic mass is 10.1. The van der Waals surface area contributed by atoms with Crippen LogP contribution in [0.1, 0.15) is 43.2 Å². The number of aryl methyl sites for hydroxylation is 1. The van der Waals surface area contributed by atoms with Crippen molar-refractivity contribution in [2.75, 3.05) is 26.8 Å². The Labute approximate surface area is 151 Å². The Morgan fingerprint density at radius 2 is 2.16 bits per heavy atom. The number of hydrogen-bond acceptors (Lipinski definition) is 3. The molecule has 1 aliphatic heterocycles. The Bertz CT molecular complexity index is 578. The lowest BCUT2D eigenvalue weighted by Crippen LogP contribution is -2.37. The molecule has 1 aromatic rings. The second-order valence-electron chi connectivity index (χ2n) is 7.15. The molecule has 0 aromatic heterocycles. The first kappa shape index (κ1) is 18.1. The molecule has 1 heterocycles. The predicted octanol–water partition coefficient (Wildman–Crippen LogP) is 3.02. The van der Waals surface area contributed by atoms with Gasteiger partial charge in [0, 0.05) is 32.1 Å². The van der Waals surface area contributed by atoms with Crippen LogP contribution in [0.4, 0.5) is 0 Å². The van der Waals surface area contributed by atoms with E-state index in [0.29, 0.717) is 13.2 Å². The van der Waals surface area contributed by atoms with Crippen LogP contribution in [-0.2, 0) is 11.3 Å². The summed E-state index contributed by atoms with van der Waals surface area (Å²) >= 11 is 0. The van der Waals surface area contributed by atoms with Crippen molar-refractivity contribution < 1.29 is 9.47 Å². The van der Waals surface area contributed by atoms with Gasteiger partial charge >= 0.3 is 0 Å². The van der Waals surface area contributed by atoms with Crippen LogP contribution >= 0.6 is 0 Å². The molecular formula is C20H31N3O2. The summed E-state index contributed by atoms with van der Waals surface area (Å²) in [6, 6.07) is 6.37. The van der Waals surface area contributed by atoms with Crippen LogP contribution in [0, 0.1) is 12.8 Å². The van der Waals surface area contributed by atoms with E-state index in [0.717, 1.165) is 42.8 Å². The Morgan fingerprint density at radius 3 is 2.88 bits per heavy atom. The maximum absolute atomic E-state index is 6.16. The van der Waals surface area contributed by atoms with E-state index in [9.17, 15) is 0 Å². The third-order valence-electron chi connectivity index (χ3n) is 4.85. The van der Waals surface area contributed by atoms with Gasteiger partial charge in [-0.25, -0.2) is 0 Å². The Balaban J connectivity index is 1.49. The van der Waals surface area contributed by atoms with Crippen molar-refractivity contribution in [3.8, 4) is 5.75 Å². The van der Waals surface area contributed by atoms with E-state index >= 15 is 0 Å². The molecule has 3 rings (SSSR count). The molecule has 2 fully saturated rings. The molecule has 138 valence electrons. The highest BCUT2D eigenvalue weighted by molar-refractivity contribution is 5.79. The number of hydrogen-bond donors (Lipinski definition) is 2. The number of benzene rings is 1. The number of guanidine groups is 1. The molecular weight excluding hydrogens is 314 g/mol. The molecule has 0 radical (unpaired) electrons. The highest BCUT2D eigenvalue weighted by Crippen LogP contribution is 2.33. The van der Waals surface area contributed by atoms with E-state index in [1.54, 1.807) is 0 Å². The fourth-order valence-corrected chi connectivity index (χ4v) is 3.11. The highest BCUT2D eigenvalue weighted by Gasteiger charge is 2.20. The number of nitrogens with one attached hydrogen (secondary N) is 2. The molecule has 2 N–H and O–H groups in total. The summed E-state index contributed by atoms with van der Waals surface area (Å²) in [5.74, 6) is 2.79. The number of aliphatic imine (C=N–C) groups is 1. The van der Waals surface area contributed by atoms with Crippen molar-refractivity contribution in [1.29, 1.82) is 0 Å². The molecule has 5 nitrogen and oxygen atoms in total. The monoisotopic (exact) mass is 345 g/mol. The van der Waals surface area contributed by atoms with Gasteiger partial charge in [0.1, 0.15) is 11.9 Å². The van der Waals surface area contributed by atoms with Crippen molar-refractivity contribution in [2.24, 2.45) is 10.9 Å². The normalized spacial score (nSPS) is 20.6.